The van der Waals surface area contributed by atoms with Gasteiger partial charge in [-0.3, -0.25) is 10.1 Å². The van der Waals surface area contributed by atoms with Gasteiger partial charge in [-0.2, -0.15) is 0 Å². The molecular formula is C15H15BrN2O3. The van der Waals surface area contributed by atoms with E-state index in [-0.39, 0.29) is 12.3 Å². The van der Waals surface area contributed by atoms with E-state index in [9.17, 15) is 10.1 Å². The van der Waals surface area contributed by atoms with Crippen molar-refractivity contribution in [3.05, 3.63) is 73.7 Å². The Kier molecular flexibility index (Phi) is 5.44. The first-order chi connectivity index (χ1) is 10.1. The molecule has 0 heterocycles. The Morgan fingerprint density at radius 3 is 2.52 bits per heavy atom. The monoisotopic (exact) mass is 350 g/mol. The van der Waals surface area contributed by atoms with E-state index in [4.69, 9.17) is 5.11 Å². The fourth-order valence-corrected chi connectivity index (χ4v) is 2.56. The fraction of sp³-hybridized carbons (Fsp3) is 0.200. The summed E-state index contributed by atoms with van der Waals surface area (Å²) >= 11 is 3.28. The number of hydrogen-bond acceptors (Lipinski definition) is 4. The number of aliphatic hydroxyl groups is 1. The van der Waals surface area contributed by atoms with Crippen LogP contribution in [-0.2, 0) is 19.7 Å². The van der Waals surface area contributed by atoms with E-state index in [1.165, 1.54) is 6.07 Å². The Morgan fingerprint density at radius 1 is 1.10 bits per heavy atom. The van der Waals surface area contributed by atoms with E-state index in [2.05, 4.69) is 21.2 Å². The zero-order chi connectivity index (χ0) is 15.2. The Bertz CT molecular complexity index is 647. The summed E-state index contributed by atoms with van der Waals surface area (Å²) in [5.41, 5.74) is 2.84. The second-order valence-electron chi connectivity index (χ2n) is 4.66. The number of halogens is 1. The molecule has 2 aromatic carbocycles. The maximum atomic E-state index is 10.8. The molecule has 0 saturated heterocycles. The molecule has 0 saturated carbocycles. The van der Waals surface area contributed by atoms with Crippen molar-refractivity contribution in [1.29, 1.82) is 0 Å². The maximum absolute atomic E-state index is 10.8. The minimum absolute atomic E-state index is 0.0195. The van der Waals surface area contributed by atoms with Crippen molar-refractivity contribution in [2.45, 2.75) is 19.7 Å². The number of aliphatic hydroxyl groups excluding tert-OH is 1. The van der Waals surface area contributed by atoms with Crippen molar-refractivity contribution in [2.75, 3.05) is 0 Å². The first-order valence-corrected chi connectivity index (χ1v) is 7.21. The number of non-ortho nitro benzene ring substituents is 1. The van der Waals surface area contributed by atoms with Crippen LogP contribution in [0, 0.1) is 10.1 Å². The minimum atomic E-state index is -0.404. The number of rotatable bonds is 6. The average Bonchev–Trinajstić information content (AvgIpc) is 2.47. The maximum Gasteiger partial charge on any atom is 0.270 e. The lowest BCUT2D eigenvalue weighted by Gasteiger charge is -2.07. The van der Waals surface area contributed by atoms with E-state index >= 15 is 0 Å². The fourth-order valence-electron chi connectivity index (χ4n) is 2.03. The largest absolute Gasteiger partial charge is 0.392 e. The molecule has 0 unspecified atom stereocenters. The van der Waals surface area contributed by atoms with Crippen molar-refractivity contribution >= 4 is 21.6 Å². The van der Waals surface area contributed by atoms with Crippen molar-refractivity contribution in [1.82, 2.24) is 5.32 Å². The van der Waals surface area contributed by atoms with Gasteiger partial charge in [0.2, 0.25) is 0 Å². The van der Waals surface area contributed by atoms with Gasteiger partial charge in [0, 0.05) is 29.7 Å². The van der Waals surface area contributed by atoms with E-state index in [1.54, 1.807) is 6.07 Å². The minimum Gasteiger partial charge on any atom is -0.392 e. The van der Waals surface area contributed by atoms with Gasteiger partial charge in [-0.15, -0.1) is 0 Å². The van der Waals surface area contributed by atoms with Gasteiger partial charge >= 0.3 is 0 Å². The average molecular weight is 351 g/mol. The summed E-state index contributed by atoms with van der Waals surface area (Å²) in [6.45, 7) is 1.18. The molecule has 0 bridgehead atoms. The molecule has 0 amide bonds. The molecule has 0 aliphatic carbocycles. The van der Waals surface area contributed by atoms with Gasteiger partial charge in [0.1, 0.15) is 0 Å². The SMILES string of the molecule is O=[N+]([O-])c1cc(Br)cc(CNCc2cccc(CO)c2)c1. The van der Waals surface area contributed by atoms with E-state index in [0.717, 1.165) is 16.7 Å². The first kappa shape index (κ1) is 15.6. The van der Waals surface area contributed by atoms with Crippen LogP contribution in [0.2, 0.25) is 0 Å². The molecule has 2 N–H and O–H groups in total. The van der Waals surface area contributed by atoms with Crippen molar-refractivity contribution in [3.63, 3.8) is 0 Å². The third-order valence-corrected chi connectivity index (χ3v) is 3.44. The molecular weight excluding hydrogens is 336 g/mol. The standard InChI is InChI=1S/C15H15BrN2O3/c16-14-5-13(6-15(7-14)18(20)21)9-17-8-11-2-1-3-12(4-11)10-19/h1-7,17,19H,8-10H2. The third kappa shape index (κ3) is 4.63. The van der Waals surface area contributed by atoms with Gasteiger partial charge in [0.05, 0.1) is 11.5 Å². The lowest BCUT2D eigenvalue weighted by Crippen LogP contribution is -2.13. The van der Waals surface area contributed by atoms with Gasteiger partial charge in [-0.05, 0) is 22.8 Å². The molecule has 2 aromatic rings. The van der Waals surface area contributed by atoms with Crippen LogP contribution in [0.5, 0.6) is 0 Å². The van der Waals surface area contributed by atoms with Gasteiger partial charge < -0.3 is 10.4 Å². The topological polar surface area (TPSA) is 75.4 Å². The number of benzene rings is 2. The molecule has 21 heavy (non-hydrogen) atoms. The van der Waals surface area contributed by atoms with Gasteiger partial charge in [0.25, 0.3) is 5.69 Å². The summed E-state index contributed by atoms with van der Waals surface area (Å²) < 4.78 is 0.691. The van der Waals surface area contributed by atoms with Crippen LogP contribution in [0.1, 0.15) is 16.7 Å². The van der Waals surface area contributed by atoms with Gasteiger partial charge in [-0.1, -0.05) is 40.2 Å². The molecule has 0 radical (unpaired) electrons. The Labute approximate surface area is 130 Å². The summed E-state index contributed by atoms with van der Waals surface area (Å²) in [6, 6.07) is 12.5. The number of nitrogens with zero attached hydrogens (tertiary/aromatic N) is 1. The normalized spacial score (nSPS) is 10.6. The Morgan fingerprint density at radius 2 is 1.81 bits per heavy atom. The predicted octanol–water partition coefficient (Wildman–Crippen LogP) is 3.14. The summed E-state index contributed by atoms with van der Waals surface area (Å²) in [5.74, 6) is 0. The third-order valence-electron chi connectivity index (χ3n) is 2.99. The first-order valence-electron chi connectivity index (χ1n) is 6.42. The van der Waals surface area contributed by atoms with Crippen molar-refractivity contribution < 1.29 is 10.0 Å². The Balaban J connectivity index is 1.98. The second kappa shape index (κ2) is 7.31. The lowest BCUT2D eigenvalue weighted by atomic mass is 10.1. The molecule has 0 spiro atoms. The number of nitro benzene ring substituents is 1. The highest BCUT2D eigenvalue weighted by atomic mass is 79.9. The smallest absolute Gasteiger partial charge is 0.270 e. The van der Waals surface area contributed by atoms with Crippen molar-refractivity contribution in [2.24, 2.45) is 0 Å². The van der Waals surface area contributed by atoms with E-state index in [0.29, 0.717) is 17.6 Å². The van der Waals surface area contributed by atoms with Crippen LogP contribution < -0.4 is 5.32 Å². The molecule has 0 atom stereocenters. The lowest BCUT2D eigenvalue weighted by molar-refractivity contribution is -0.385. The van der Waals surface area contributed by atoms with E-state index in [1.807, 2.05) is 30.3 Å². The molecule has 0 aliphatic rings. The second-order valence-corrected chi connectivity index (χ2v) is 5.57. The predicted molar refractivity (Wildman–Crippen MR) is 83.7 cm³/mol. The van der Waals surface area contributed by atoms with Crippen LogP contribution >= 0.6 is 15.9 Å². The number of nitro groups is 1. The summed E-state index contributed by atoms with van der Waals surface area (Å²) in [7, 11) is 0. The molecule has 110 valence electrons. The summed E-state index contributed by atoms with van der Waals surface area (Å²) in [4.78, 5) is 10.4. The quantitative estimate of drug-likeness (QED) is 0.619. The van der Waals surface area contributed by atoms with Crippen LogP contribution in [-0.4, -0.2) is 10.0 Å². The van der Waals surface area contributed by atoms with Crippen LogP contribution in [0.25, 0.3) is 0 Å². The molecule has 5 nitrogen and oxygen atoms in total. The molecule has 2 rings (SSSR count). The zero-order valence-corrected chi connectivity index (χ0v) is 12.8. The van der Waals surface area contributed by atoms with Crippen molar-refractivity contribution in [3.8, 4) is 0 Å². The molecule has 6 heteroatoms. The highest BCUT2D eigenvalue weighted by molar-refractivity contribution is 9.10. The highest BCUT2D eigenvalue weighted by Crippen LogP contribution is 2.21. The number of hydrogen-bond donors (Lipinski definition) is 2. The van der Waals surface area contributed by atoms with Gasteiger partial charge in [0.15, 0.2) is 0 Å². The van der Waals surface area contributed by atoms with E-state index < -0.39 is 4.92 Å². The van der Waals surface area contributed by atoms with Crippen LogP contribution in [0.3, 0.4) is 0 Å². The molecule has 0 fully saturated rings. The summed E-state index contributed by atoms with van der Waals surface area (Å²) in [5, 5.41) is 23.1. The zero-order valence-electron chi connectivity index (χ0n) is 11.3. The van der Waals surface area contributed by atoms with Crippen LogP contribution in [0.4, 0.5) is 5.69 Å². The summed E-state index contributed by atoms with van der Waals surface area (Å²) in [6.07, 6.45) is 0. The Hall–Kier alpha value is -1.76. The van der Waals surface area contributed by atoms with Crippen LogP contribution in [0.15, 0.2) is 46.9 Å². The molecule has 0 aliphatic heterocycles. The highest BCUT2D eigenvalue weighted by Gasteiger charge is 2.08. The van der Waals surface area contributed by atoms with Gasteiger partial charge in [-0.25, -0.2) is 0 Å². The molecule has 0 aromatic heterocycles. The number of nitrogens with one attached hydrogen (secondary N) is 1.